The second-order valence-electron chi connectivity index (χ2n) is 9.08. The Kier molecular flexibility index (Phi) is 6.66. The molecule has 37 heavy (non-hydrogen) atoms. The number of carbonyl (C=O) groups is 2. The zero-order chi connectivity index (χ0) is 26.1. The molecule has 1 N–H and O–H groups in total. The number of ketones is 1. The Morgan fingerprint density at radius 2 is 2.00 bits per heavy atom. The van der Waals surface area contributed by atoms with Crippen LogP contribution in [0.3, 0.4) is 0 Å². The van der Waals surface area contributed by atoms with Crippen LogP contribution in [0, 0.1) is 16.9 Å². The fourth-order valence-electron chi connectivity index (χ4n) is 4.40. The molecule has 0 saturated heterocycles. The first-order valence-electron chi connectivity index (χ1n) is 11.6. The average molecular weight is 522 g/mol. The molecule has 1 aliphatic carbocycles. The number of aromatic carboxylic acids is 1. The summed E-state index contributed by atoms with van der Waals surface area (Å²) in [6, 6.07) is 12.1. The van der Waals surface area contributed by atoms with E-state index < -0.39 is 23.3 Å². The molecule has 1 aliphatic rings. The highest BCUT2D eigenvalue weighted by Crippen LogP contribution is 2.39. The Morgan fingerprint density at radius 1 is 1.19 bits per heavy atom. The predicted molar refractivity (Wildman–Crippen MR) is 131 cm³/mol. The number of tetrazole rings is 1. The fraction of sp³-hybridized carbons (Fsp3) is 0.231. The van der Waals surface area contributed by atoms with Crippen molar-refractivity contribution in [1.82, 2.24) is 20.2 Å². The van der Waals surface area contributed by atoms with Crippen molar-refractivity contribution in [3.05, 3.63) is 93.9 Å². The lowest BCUT2D eigenvalue weighted by Gasteiger charge is -2.17. The van der Waals surface area contributed by atoms with Crippen molar-refractivity contribution in [3.63, 3.8) is 0 Å². The average Bonchev–Trinajstić information content (AvgIpc) is 3.52. The van der Waals surface area contributed by atoms with Crippen LogP contribution in [0.1, 0.15) is 46.8 Å². The van der Waals surface area contributed by atoms with Crippen molar-refractivity contribution in [2.75, 3.05) is 0 Å². The Balaban J connectivity index is 1.46. The molecule has 1 fully saturated rings. The maximum absolute atomic E-state index is 14.2. The molecule has 2 aromatic heterocycles. The van der Waals surface area contributed by atoms with Crippen LogP contribution in [0.2, 0.25) is 5.02 Å². The van der Waals surface area contributed by atoms with Crippen LogP contribution in [0.4, 0.5) is 4.39 Å². The van der Waals surface area contributed by atoms with E-state index in [1.54, 1.807) is 30.3 Å². The minimum atomic E-state index is -1.38. The first kappa shape index (κ1) is 24.5. The summed E-state index contributed by atoms with van der Waals surface area (Å²) in [5.74, 6) is -2.85. The summed E-state index contributed by atoms with van der Waals surface area (Å²) in [6.07, 6.45) is 5.20. The Bertz CT molecular complexity index is 1490. The molecule has 1 saturated carbocycles. The van der Waals surface area contributed by atoms with Crippen LogP contribution >= 0.6 is 11.6 Å². The normalized spacial score (nSPS) is 13.9. The van der Waals surface area contributed by atoms with Crippen molar-refractivity contribution >= 4 is 23.4 Å². The number of pyridine rings is 1. The molecule has 0 bridgehead atoms. The molecular weight excluding hydrogens is 501 g/mol. The molecule has 11 heteroatoms. The summed E-state index contributed by atoms with van der Waals surface area (Å²) < 4.78 is 16.3. The van der Waals surface area contributed by atoms with Gasteiger partial charge in [-0.25, -0.2) is 9.18 Å². The summed E-state index contributed by atoms with van der Waals surface area (Å²) >= 11 is 6.22. The van der Waals surface area contributed by atoms with E-state index in [-0.39, 0.29) is 12.2 Å². The largest absolute Gasteiger partial charge is 0.618 e. The molecular formula is C26H21ClFN5O4. The minimum Gasteiger partial charge on any atom is -0.618 e. The predicted octanol–water partition coefficient (Wildman–Crippen LogP) is 4.15. The highest BCUT2D eigenvalue weighted by molar-refractivity contribution is 6.31. The molecule has 9 nitrogen and oxygen atoms in total. The van der Waals surface area contributed by atoms with Gasteiger partial charge < -0.3 is 10.3 Å². The zero-order valence-corrected chi connectivity index (χ0v) is 20.2. The van der Waals surface area contributed by atoms with Crippen LogP contribution < -0.4 is 4.73 Å². The number of carboxylic acid groups (broad SMARTS) is 1. The van der Waals surface area contributed by atoms with E-state index >= 15 is 0 Å². The maximum atomic E-state index is 14.2. The summed E-state index contributed by atoms with van der Waals surface area (Å²) in [5.41, 5.74) is 2.02. The highest BCUT2D eigenvalue weighted by atomic mass is 35.5. The van der Waals surface area contributed by atoms with Crippen molar-refractivity contribution < 1.29 is 23.8 Å². The number of halogens is 2. The van der Waals surface area contributed by atoms with Gasteiger partial charge in [0.05, 0.1) is 11.3 Å². The molecule has 0 amide bonds. The summed E-state index contributed by atoms with van der Waals surface area (Å²) in [7, 11) is 0. The second kappa shape index (κ2) is 10.1. The molecule has 1 unspecified atom stereocenters. The number of nitrogens with zero attached hydrogens (tertiary/aromatic N) is 5. The van der Waals surface area contributed by atoms with E-state index in [4.69, 9.17) is 16.7 Å². The number of aromatic nitrogens is 5. The maximum Gasteiger partial charge on any atom is 0.338 e. The molecule has 2 heterocycles. The van der Waals surface area contributed by atoms with Crippen LogP contribution in [0.5, 0.6) is 0 Å². The second-order valence-corrected chi connectivity index (χ2v) is 9.51. The Morgan fingerprint density at radius 3 is 2.65 bits per heavy atom. The lowest BCUT2D eigenvalue weighted by atomic mass is 9.89. The Labute approximate surface area is 215 Å². The number of carboxylic acids is 1. The van der Waals surface area contributed by atoms with E-state index in [9.17, 15) is 19.2 Å². The Hall–Kier alpha value is -4.18. The van der Waals surface area contributed by atoms with Gasteiger partial charge in [0.1, 0.15) is 18.1 Å². The first-order chi connectivity index (χ1) is 17.8. The van der Waals surface area contributed by atoms with Gasteiger partial charge in [0.25, 0.3) is 0 Å². The van der Waals surface area contributed by atoms with E-state index in [2.05, 4.69) is 15.5 Å². The van der Waals surface area contributed by atoms with Gasteiger partial charge in [-0.05, 0) is 64.7 Å². The summed E-state index contributed by atoms with van der Waals surface area (Å²) in [5, 5.41) is 34.0. The lowest BCUT2D eigenvalue weighted by Crippen LogP contribution is -2.36. The lowest BCUT2D eigenvalue weighted by molar-refractivity contribution is -0.614. The van der Waals surface area contributed by atoms with Gasteiger partial charge in [0, 0.05) is 28.6 Å². The molecule has 5 rings (SSSR count). The molecule has 0 aliphatic heterocycles. The third-order valence-electron chi connectivity index (χ3n) is 6.46. The minimum absolute atomic E-state index is 0.117. The van der Waals surface area contributed by atoms with E-state index in [1.807, 2.05) is 0 Å². The van der Waals surface area contributed by atoms with E-state index in [1.165, 1.54) is 23.3 Å². The molecule has 0 radical (unpaired) electrons. The molecule has 188 valence electrons. The molecule has 1 atom stereocenters. The van der Waals surface area contributed by atoms with Gasteiger partial charge in [-0.15, -0.1) is 5.10 Å². The number of benzene rings is 2. The SMILES string of the molecule is O=C(O)c1ccc(CC(=O)C(CC2CC2)c2ccc(-c3cc(Cl)ccc3-n3cnnn3)c[n+]2[O-])cc1F. The van der Waals surface area contributed by atoms with Crippen LogP contribution in [-0.4, -0.2) is 37.1 Å². The van der Waals surface area contributed by atoms with E-state index in [0.29, 0.717) is 50.2 Å². The van der Waals surface area contributed by atoms with Gasteiger partial charge in [0.2, 0.25) is 5.69 Å². The third kappa shape index (κ3) is 5.34. The third-order valence-corrected chi connectivity index (χ3v) is 6.70. The van der Waals surface area contributed by atoms with Crippen molar-refractivity contribution in [1.29, 1.82) is 0 Å². The topological polar surface area (TPSA) is 125 Å². The monoisotopic (exact) mass is 521 g/mol. The quantitative estimate of drug-likeness (QED) is 0.259. The number of hydrogen-bond donors (Lipinski definition) is 1. The smallest absolute Gasteiger partial charge is 0.338 e. The van der Waals surface area contributed by atoms with E-state index in [0.717, 1.165) is 25.0 Å². The molecule has 0 spiro atoms. The number of rotatable bonds is 9. The van der Waals surface area contributed by atoms with Gasteiger partial charge >= 0.3 is 5.97 Å². The molecule has 2 aromatic carbocycles. The summed E-state index contributed by atoms with van der Waals surface area (Å²) in [4.78, 5) is 24.4. The van der Waals surface area contributed by atoms with Gasteiger partial charge in [-0.2, -0.15) is 9.41 Å². The number of hydrogen-bond acceptors (Lipinski definition) is 6. The molecule has 4 aromatic rings. The standard InChI is InChI=1S/C26H21ClFN5O4/c27-18-5-8-23(32-14-29-30-31-32)20(12-18)17-4-7-24(33(37)13-17)21(9-15-1-2-15)25(34)11-16-3-6-19(26(35)36)22(28)10-16/h3-8,10,12-15,21H,1-2,9,11H2,(H,35,36). The van der Waals surface area contributed by atoms with Crippen molar-refractivity contribution in [2.24, 2.45) is 5.92 Å². The van der Waals surface area contributed by atoms with Gasteiger partial charge in [-0.1, -0.05) is 30.5 Å². The van der Waals surface area contributed by atoms with Crippen LogP contribution in [-0.2, 0) is 11.2 Å². The van der Waals surface area contributed by atoms with Crippen molar-refractivity contribution in [3.8, 4) is 16.8 Å². The van der Waals surface area contributed by atoms with Crippen LogP contribution in [0.25, 0.3) is 16.8 Å². The number of Topliss-reactive ketones (excluding diaryl/α,β-unsaturated/α-hetero) is 1. The highest BCUT2D eigenvalue weighted by Gasteiger charge is 2.34. The fourth-order valence-corrected chi connectivity index (χ4v) is 4.58. The van der Waals surface area contributed by atoms with Crippen LogP contribution in [0.15, 0.2) is 61.1 Å². The first-order valence-corrected chi connectivity index (χ1v) is 12.0. The summed E-state index contributed by atoms with van der Waals surface area (Å²) in [6.45, 7) is 0. The van der Waals surface area contributed by atoms with Gasteiger partial charge in [0.15, 0.2) is 12.0 Å². The van der Waals surface area contributed by atoms with Crippen molar-refractivity contribution in [2.45, 2.75) is 31.6 Å². The van der Waals surface area contributed by atoms with Gasteiger partial charge in [-0.3, -0.25) is 4.79 Å². The zero-order valence-electron chi connectivity index (χ0n) is 19.4. The number of carbonyl (C=O) groups excluding carboxylic acids is 1.